The van der Waals surface area contributed by atoms with Crippen LogP contribution in [0.15, 0.2) is 12.1 Å². The molecular formula is C11H18N2. The van der Waals surface area contributed by atoms with Gasteiger partial charge in [0.2, 0.25) is 0 Å². The highest BCUT2D eigenvalue weighted by Gasteiger charge is 2.01. The molecule has 0 aliphatic rings. The van der Waals surface area contributed by atoms with Crippen LogP contribution in [0.2, 0.25) is 0 Å². The van der Waals surface area contributed by atoms with Gasteiger partial charge in [-0.25, -0.2) is 0 Å². The molecule has 2 N–H and O–H groups in total. The first-order chi connectivity index (χ1) is 6.09. The highest BCUT2D eigenvalue weighted by Crippen LogP contribution is 2.09. The zero-order valence-electron chi connectivity index (χ0n) is 8.67. The van der Waals surface area contributed by atoms with Crippen LogP contribution in [0.4, 0.5) is 0 Å². The number of nitrogens with zero attached hydrogens (tertiary/aromatic N) is 1. The Labute approximate surface area is 80.2 Å². The predicted molar refractivity (Wildman–Crippen MR) is 55.7 cm³/mol. The Bertz CT molecular complexity index is 279. The van der Waals surface area contributed by atoms with Crippen LogP contribution in [-0.2, 0) is 6.42 Å². The van der Waals surface area contributed by atoms with Crippen molar-refractivity contribution < 1.29 is 0 Å². The van der Waals surface area contributed by atoms with Crippen molar-refractivity contribution in [3.63, 3.8) is 0 Å². The van der Waals surface area contributed by atoms with Crippen molar-refractivity contribution in [1.82, 2.24) is 4.98 Å². The monoisotopic (exact) mass is 178 g/mol. The Morgan fingerprint density at radius 2 is 2.08 bits per heavy atom. The van der Waals surface area contributed by atoms with E-state index in [4.69, 9.17) is 5.73 Å². The quantitative estimate of drug-likeness (QED) is 0.768. The summed E-state index contributed by atoms with van der Waals surface area (Å²) < 4.78 is 0. The first-order valence-corrected chi connectivity index (χ1v) is 4.78. The van der Waals surface area contributed by atoms with Crippen LogP contribution in [0.1, 0.15) is 30.3 Å². The third-order valence-electron chi connectivity index (χ3n) is 2.20. The second-order valence-corrected chi connectivity index (χ2v) is 3.71. The summed E-state index contributed by atoms with van der Waals surface area (Å²) in [5.41, 5.74) is 9.25. The lowest BCUT2D eigenvalue weighted by Crippen LogP contribution is -2.15. The van der Waals surface area contributed by atoms with Gasteiger partial charge in [0.05, 0.1) is 0 Å². The number of rotatable bonds is 3. The third-order valence-corrected chi connectivity index (χ3v) is 2.20. The highest BCUT2D eigenvalue weighted by atomic mass is 14.7. The molecule has 0 spiro atoms. The van der Waals surface area contributed by atoms with Crippen molar-refractivity contribution in [2.75, 3.05) is 0 Å². The van der Waals surface area contributed by atoms with Gasteiger partial charge in [0.15, 0.2) is 0 Å². The van der Waals surface area contributed by atoms with Crippen LogP contribution in [-0.4, -0.2) is 11.0 Å². The van der Waals surface area contributed by atoms with E-state index in [1.54, 1.807) is 0 Å². The van der Waals surface area contributed by atoms with E-state index >= 15 is 0 Å². The number of hydrogen-bond donors (Lipinski definition) is 1. The fourth-order valence-corrected chi connectivity index (χ4v) is 1.36. The first kappa shape index (κ1) is 10.2. The molecular weight excluding hydrogens is 160 g/mol. The molecule has 0 amide bonds. The molecule has 1 heterocycles. The van der Waals surface area contributed by atoms with Crippen molar-refractivity contribution in [2.24, 2.45) is 5.73 Å². The average Bonchev–Trinajstić information content (AvgIpc) is 2.02. The van der Waals surface area contributed by atoms with E-state index in [0.29, 0.717) is 0 Å². The summed E-state index contributed by atoms with van der Waals surface area (Å²) in [7, 11) is 0. The zero-order chi connectivity index (χ0) is 9.84. The molecule has 0 aliphatic heterocycles. The largest absolute Gasteiger partial charge is 0.328 e. The van der Waals surface area contributed by atoms with Crippen molar-refractivity contribution in [2.45, 2.75) is 39.7 Å². The second kappa shape index (κ2) is 4.38. The van der Waals surface area contributed by atoms with E-state index < -0.39 is 0 Å². The Morgan fingerprint density at radius 1 is 1.38 bits per heavy atom. The molecule has 2 nitrogen and oxygen atoms in total. The molecule has 13 heavy (non-hydrogen) atoms. The molecule has 1 aromatic heterocycles. The summed E-state index contributed by atoms with van der Waals surface area (Å²) in [6.45, 7) is 6.11. The molecule has 0 bridgehead atoms. The van der Waals surface area contributed by atoms with E-state index in [0.717, 1.165) is 24.2 Å². The van der Waals surface area contributed by atoms with E-state index in [2.05, 4.69) is 24.0 Å². The lowest BCUT2D eigenvalue weighted by atomic mass is 10.1. The molecule has 0 aliphatic carbocycles. The van der Waals surface area contributed by atoms with Gasteiger partial charge in [-0.2, -0.15) is 0 Å². The molecule has 72 valence electrons. The molecule has 0 aromatic carbocycles. The second-order valence-electron chi connectivity index (χ2n) is 3.71. The zero-order valence-corrected chi connectivity index (χ0v) is 8.67. The Morgan fingerprint density at radius 3 is 2.62 bits per heavy atom. The van der Waals surface area contributed by atoms with Crippen LogP contribution < -0.4 is 5.73 Å². The topological polar surface area (TPSA) is 38.9 Å². The minimum Gasteiger partial charge on any atom is -0.328 e. The number of hydrogen-bond acceptors (Lipinski definition) is 2. The smallest absolute Gasteiger partial charge is 0.0407 e. The van der Waals surface area contributed by atoms with E-state index in [1.807, 2.05) is 13.8 Å². The highest BCUT2D eigenvalue weighted by molar-refractivity contribution is 5.21. The molecule has 0 saturated carbocycles. The average molecular weight is 178 g/mol. The summed E-state index contributed by atoms with van der Waals surface area (Å²) in [5, 5.41) is 0. The van der Waals surface area contributed by atoms with Gasteiger partial charge in [-0.3, -0.25) is 4.98 Å². The van der Waals surface area contributed by atoms with Gasteiger partial charge < -0.3 is 5.73 Å². The van der Waals surface area contributed by atoms with E-state index in [9.17, 15) is 0 Å². The normalized spacial score (nSPS) is 12.9. The van der Waals surface area contributed by atoms with Gasteiger partial charge in [0, 0.05) is 17.4 Å². The Balaban J connectivity index is 2.67. The van der Waals surface area contributed by atoms with Gasteiger partial charge in [0.1, 0.15) is 0 Å². The fraction of sp³-hybridized carbons (Fsp3) is 0.545. The van der Waals surface area contributed by atoms with Gasteiger partial charge in [-0.05, 0) is 45.2 Å². The number of nitrogens with two attached hydrogens (primary N) is 1. The number of aromatic nitrogens is 1. The van der Waals surface area contributed by atoms with E-state index in [1.165, 1.54) is 5.56 Å². The summed E-state index contributed by atoms with van der Waals surface area (Å²) in [6.07, 6.45) is 2.07. The number of aryl methyl sites for hydroxylation is 3. The maximum Gasteiger partial charge on any atom is 0.0407 e. The summed E-state index contributed by atoms with van der Waals surface area (Å²) in [5.74, 6) is 0. The van der Waals surface area contributed by atoms with Crippen LogP contribution in [0, 0.1) is 13.8 Å². The molecule has 1 aromatic rings. The maximum absolute atomic E-state index is 5.70. The third kappa shape index (κ3) is 3.15. The predicted octanol–water partition coefficient (Wildman–Crippen LogP) is 1.98. The van der Waals surface area contributed by atoms with Gasteiger partial charge in [0.25, 0.3) is 0 Å². The van der Waals surface area contributed by atoms with Crippen molar-refractivity contribution in [1.29, 1.82) is 0 Å². The van der Waals surface area contributed by atoms with Crippen molar-refractivity contribution in [3.05, 3.63) is 29.1 Å². The van der Waals surface area contributed by atoms with Gasteiger partial charge >= 0.3 is 0 Å². The van der Waals surface area contributed by atoms with Crippen LogP contribution in [0.5, 0.6) is 0 Å². The Hall–Kier alpha value is -0.890. The molecule has 1 unspecified atom stereocenters. The molecule has 0 radical (unpaired) electrons. The van der Waals surface area contributed by atoms with Crippen molar-refractivity contribution in [3.8, 4) is 0 Å². The van der Waals surface area contributed by atoms with Crippen LogP contribution in [0.3, 0.4) is 0 Å². The Kier molecular flexibility index (Phi) is 3.43. The summed E-state index contributed by atoms with van der Waals surface area (Å²) in [6, 6.07) is 4.49. The first-order valence-electron chi connectivity index (χ1n) is 4.78. The minimum absolute atomic E-state index is 0.278. The molecule has 1 rings (SSSR count). The lowest BCUT2D eigenvalue weighted by Gasteiger charge is -2.07. The molecule has 0 saturated heterocycles. The SMILES string of the molecule is Cc1ccc(CCC(C)N)c(C)n1. The number of pyridine rings is 1. The van der Waals surface area contributed by atoms with Crippen LogP contribution in [0.25, 0.3) is 0 Å². The lowest BCUT2D eigenvalue weighted by molar-refractivity contribution is 0.663. The molecule has 0 fully saturated rings. The molecule has 2 heteroatoms. The van der Waals surface area contributed by atoms with Crippen LogP contribution >= 0.6 is 0 Å². The van der Waals surface area contributed by atoms with Crippen molar-refractivity contribution >= 4 is 0 Å². The minimum atomic E-state index is 0.278. The standard InChI is InChI=1S/C11H18N2/c1-8(12)4-6-11-7-5-9(2)13-10(11)3/h5,7-8H,4,6,12H2,1-3H3. The molecule has 1 atom stereocenters. The van der Waals surface area contributed by atoms with E-state index in [-0.39, 0.29) is 6.04 Å². The fourth-order valence-electron chi connectivity index (χ4n) is 1.36. The van der Waals surface area contributed by atoms with Gasteiger partial charge in [-0.15, -0.1) is 0 Å². The maximum atomic E-state index is 5.70. The van der Waals surface area contributed by atoms with Gasteiger partial charge in [-0.1, -0.05) is 6.07 Å². The summed E-state index contributed by atoms with van der Waals surface area (Å²) in [4.78, 5) is 4.41. The summed E-state index contributed by atoms with van der Waals surface area (Å²) >= 11 is 0.